The molecule has 1 aromatic carbocycles. The number of ether oxygens (including phenoxy) is 1. The van der Waals surface area contributed by atoms with Gasteiger partial charge in [0.15, 0.2) is 0 Å². The minimum absolute atomic E-state index is 0.138. The van der Waals surface area contributed by atoms with Crippen LogP contribution >= 0.6 is 0 Å². The van der Waals surface area contributed by atoms with E-state index in [1.165, 1.54) is 31.4 Å². The lowest BCUT2D eigenvalue weighted by Crippen LogP contribution is -2.52. The molecule has 2 aliphatic heterocycles. The van der Waals surface area contributed by atoms with Gasteiger partial charge in [-0.1, -0.05) is 0 Å². The van der Waals surface area contributed by atoms with E-state index in [1.807, 2.05) is 13.0 Å². The molecule has 23 heavy (non-hydrogen) atoms. The van der Waals surface area contributed by atoms with Crippen LogP contribution in [0.25, 0.3) is 0 Å². The van der Waals surface area contributed by atoms with Crippen molar-refractivity contribution in [3.63, 3.8) is 0 Å². The number of rotatable bonds is 3. The molecule has 126 valence electrons. The standard InChI is InChI=1S/C19H27FN2O/c1-14-12-16(20)4-5-18(14)21-8-6-17(7-9-21)22-10-11-23-19(13-22)15-2-3-15/h4-5,12,15,17,19H,2-3,6-11,13H2,1H3. The molecule has 1 aromatic rings. The highest BCUT2D eigenvalue weighted by Gasteiger charge is 2.37. The van der Waals surface area contributed by atoms with Gasteiger partial charge in [0.1, 0.15) is 5.82 Å². The number of hydrogen-bond donors (Lipinski definition) is 0. The molecule has 3 aliphatic rings. The summed E-state index contributed by atoms with van der Waals surface area (Å²) in [6.07, 6.45) is 5.62. The molecule has 4 heteroatoms. The van der Waals surface area contributed by atoms with E-state index in [1.54, 1.807) is 12.1 Å². The zero-order valence-corrected chi connectivity index (χ0v) is 14.0. The second kappa shape index (κ2) is 6.40. The van der Waals surface area contributed by atoms with E-state index in [-0.39, 0.29) is 5.82 Å². The van der Waals surface area contributed by atoms with Crippen molar-refractivity contribution in [3.8, 4) is 0 Å². The van der Waals surface area contributed by atoms with Gasteiger partial charge < -0.3 is 9.64 Å². The Morgan fingerprint density at radius 2 is 1.87 bits per heavy atom. The molecule has 0 aromatic heterocycles. The maximum absolute atomic E-state index is 13.3. The molecule has 0 spiro atoms. The van der Waals surface area contributed by atoms with Gasteiger partial charge in [0.05, 0.1) is 12.7 Å². The van der Waals surface area contributed by atoms with Crippen molar-refractivity contribution in [3.05, 3.63) is 29.6 Å². The van der Waals surface area contributed by atoms with E-state index in [4.69, 9.17) is 4.74 Å². The van der Waals surface area contributed by atoms with Crippen LogP contribution in [0, 0.1) is 18.7 Å². The molecular formula is C19H27FN2O. The molecule has 0 amide bonds. The van der Waals surface area contributed by atoms with Crippen molar-refractivity contribution in [2.45, 2.75) is 44.8 Å². The molecule has 0 N–H and O–H groups in total. The third-order valence-corrected chi connectivity index (χ3v) is 5.75. The van der Waals surface area contributed by atoms with Crippen LogP contribution in [0.1, 0.15) is 31.2 Å². The van der Waals surface area contributed by atoms with E-state index in [0.717, 1.165) is 44.3 Å². The van der Waals surface area contributed by atoms with E-state index >= 15 is 0 Å². The minimum Gasteiger partial charge on any atom is -0.375 e. The molecule has 0 radical (unpaired) electrons. The number of halogens is 1. The molecule has 1 saturated carbocycles. The van der Waals surface area contributed by atoms with Gasteiger partial charge in [0.2, 0.25) is 0 Å². The highest BCUT2D eigenvalue weighted by atomic mass is 19.1. The van der Waals surface area contributed by atoms with Crippen LogP contribution in [-0.4, -0.2) is 49.8 Å². The first kappa shape index (κ1) is 15.4. The normalized spacial score (nSPS) is 27.4. The summed E-state index contributed by atoms with van der Waals surface area (Å²) in [6, 6.07) is 5.85. The molecule has 4 rings (SSSR count). The number of nitrogens with zero attached hydrogens (tertiary/aromatic N) is 2. The van der Waals surface area contributed by atoms with Gasteiger partial charge in [-0.25, -0.2) is 4.39 Å². The summed E-state index contributed by atoms with van der Waals surface area (Å²) >= 11 is 0. The predicted octanol–water partition coefficient (Wildman–Crippen LogP) is 3.21. The third-order valence-electron chi connectivity index (χ3n) is 5.75. The fourth-order valence-corrected chi connectivity index (χ4v) is 4.23. The summed E-state index contributed by atoms with van der Waals surface area (Å²) in [4.78, 5) is 5.09. The Kier molecular flexibility index (Phi) is 4.29. The van der Waals surface area contributed by atoms with E-state index < -0.39 is 0 Å². The van der Waals surface area contributed by atoms with Gasteiger partial charge in [0.25, 0.3) is 0 Å². The number of aryl methyl sites for hydroxylation is 1. The Hall–Kier alpha value is -1.13. The van der Waals surface area contributed by atoms with Crippen LogP contribution in [0.4, 0.5) is 10.1 Å². The summed E-state index contributed by atoms with van der Waals surface area (Å²) in [6.45, 7) is 7.27. The number of piperidine rings is 1. The Labute approximate surface area is 138 Å². The summed E-state index contributed by atoms with van der Waals surface area (Å²) in [5.41, 5.74) is 2.24. The first-order chi connectivity index (χ1) is 11.2. The van der Waals surface area contributed by atoms with Crippen molar-refractivity contribution < 1.29 is 9.13 Å². The quantitative estimate of drug-likeness (QED) is 0.851. The number of morpholine rings is 1. The highest BCUT2D eigenvalue weighted by Crippen LogP contribution is 2.36. The van der Waals surface area contributed by atoms with Gasteiger partial charge >= 0.3 is 0 Å². The van der Waals surface area contributed by atoms with Crippen LogP contribution in [0.15, 0.2) is 18.2 Å². The molecule has 0 bridgehead atoms. The molecule has 1 atom stereocenters. The Morgan fingerprint density at radius 1 is 1.09 bits per heavy atom. The Morgan fingerprint density at radius 3 is 2.57 bits per heavy atom. The fourth-order valence-electron chi connectivity index (χ4n) is 4.23. The maximum Gasteiger partial charge on any atom is 0.123 e. The molecular weight excluding hydrogens is 291 g/mol. The largest absolute Gasteiger partial charge is 0.375 e. The second-order valence-corrected chi connectivity index (χ2v) is 7.39. The zero-order chi connectivity index (χ0) is 15.8. The molecule has 3 nitrogen and oxygen atoms in total. The van der Waals surface area contributed by atoms with Crippen molar-refractivity contribution in [1.82, 2.24) is 4.90 Å². The van der Waals surface area contributed by atoms with Crippen molar-refractivity contribution in [2.24, 2.45) is 5.92 Å². The number of benzene rings is 1. The van der Waals surface area contributed by atoms with Gasteiger partial charge in [-0.05, 0) is 62.3 Å². The first-order valence-electron chi connectivity index (χ1n) is 9.07. The van der Waals surface area contributed by atoms with E-state index in [2.05, 4.69) is 9.80 Å². The van der Waals surface area contributed by atoms with Gasteiger partial charge in [-0.15, -0.1) is 0 Å². The lowest BCUT2D eigenvalue weighted by molar-refractivity contribution is -0.0558. The van der Waals surface area contributed by atoms with Crippen molar-refractivity contribution in [1.29, 1.82) is 0 Å². The lowest BCUT2D eigenvalue weighted by atomic mass is 10.00. The molecule has 2 saturated heterocycles. The SMILES string of the molecule is Cc1cc(F)ccc1N1CCC(N2CCOC(C3CC3)C2)CC1. The molecule has 3 fully saturated rings. The average molecular weight is 318 g/mol. The Bertz CT molecular complexity index is 552. The highest BCUT2D eigenvalue weighted by molar-refractivity contribution is 5.53. The van der Waals surface area contributed by atoms with Gasteiger partial charge in [0, 0.05) is 37.9 Å². The monoisotopic (exact) mass is 318 g/mol. The van der Waals surface area contributed by atoms with Crippen LogP contribution < -0.4 is 4.90 Å². The zero-order valence-electron chi connectivity index (χ0n) is 14.0. The molecule has 1 unspecified atom stereocenters. The van der Waals surface area contributed by atoms with Gasteiger partial charge in [-0.2, -0.15) is 0 Å². The van der Waals surface area contributed by atoms with Crippen molar-refractivity contribution in [2.75, 3.05) is 37.7 Å². The van der Waals surface area contributed by atoms with Crippen LogP contribution in [0.3, 0.4) is 0 Å². The molecule has 2 heterocycles. The molecule has 1 aliphatic carbocycles. The average Bonchev–Trinajstić information content (AvgIpc) is 3.40. The topological polar surface area (TPSA) is 15.7 Å². The van der Waals surface area contributed by atoms with Gasteiger partial charge in [-0.3, -0.25) is 4.90 Å². The van der Waals surface area contributed by atoms with Crippen LogP contribution in [0.5, 0.6) is 0 Å². The number of anilines is 1. The van der Waals surface area contributed by atoms with Crippen molar-refractivity contribution >= 4 is 5.69 Å². The predicted molar refractivity (Wildman–Crippen MR) is 90.4 cm³/mol. The third kappa shape index (κ3) is 3.38. The number of hydrogen-bond acceptors (Lipinski definition) is 3. The smallest absolute Gasteiger partial charge is 0.123 e. The fraction of sp³-hybridized carbons (Fsp3) is 0.684. The lowest BCUT2D eigenvalue weighted by Gasteiger charge is -2.43. The summed E-state index contributed by atoms with van der Waals surface area (Å²) < 4.78 is 19.2. The Balaban J connectivity index is 1.35. The van der Waals surface area contributed by atoms with E-state index in [9.17, 15) is 4.39 Å². The summed E-state index contributed by atoms with van der Waals surface area (Å²) in [5, 5.41) is 0. The first-order valence-corrected chi connectivity index (χ1v) is 9.07. The second-order valence-electron chi connectivity index (χ2n) is 7.39. The maximum atomic E-state index is 13.3. The van der Waals surface area contributed by atoms with Crippen LogP contribution in [0.2, 0.25) is 0 Å². The summed E-state index contributed by atoms with van der Waals surface area (Å²) in [7, 11) is 0. The van der Waals surface area contributed by atoms with Crippen LogP contribution in [-0.2, 0) is 4.74 Å². The minimum atomic E-state index is -0.138. The summed E-state index contributed by atoms with van der Waals surface area (Å²) in [5.74, 6) is 0.695. The van der Waals surface area contributed by atoms with E-state index in [0.29, 0.717) is 12.1 Å².